The summed E-state index contributed by atoms with van der Waals surface area (Å²) < 4.78 is 10.9. The predicted octanol–water partition coefficient (Wildman–Crippen LogP) is 3.06. The summed E-state index contributed by atoms with van der Waals surface area (Å²) >= 11 is 0. The van der Waals surface area contributed by atoms with Gasteiger partial charge in [0.15, 0.2) is 5.96 Å². The van der Waals surface area contributed by atoms with E-state index in [1.54, 1.807) is 6.26 Å². The number of nitrogens with zero attached hydrogens (tertiary/aromatic N) is 2. The highest BCUT2D eigenvalue weighted by molar-refractivity contribution is 5.79. The zero-order valence-corrected chi connectivity index (χ0v) is 17.8. The van der Waals surface area contributed by atoms with E-state index >= 15 is 0 Å². The second kappa shape index (κ2) is 11.2. The third-order valence-electron chi connectivity index (χ3n) is 6.01. The first kappa shape index (κ1) is 20.9. The normalized spacial score (nSPS) is 22.5. The van der Waals surface area contributed by atoms with Gasteiger partial charge in [-0.2, -0.15) is 0 Å². The lowest BCUT2D eigenvalue weighted by Gasteiger charge is -2.25. The van der Waals surface area contributed by atoms with E-state index in [1.165, 1.54) is 24.9 Å². The molecule has 0 aliphatic carbocycles. The van der Waals surface area contributed by atoms with Crippen LogP contribution in [0.25, 0.3) is 0 Å². The highest BCUT2D eigenvalue weighted by atomic mass is 16.5. The second-order valence-corrected chi connectivity index (χ2v) is 8.31. The molecule has 0 spiro atoms. The lowest BCUT2D eigenvalue weighted by Crippen LogP contribution is -2.45. The van der Waals surface area contributed by atoms with Crippen molar-refractivity contribution in [2.75, 3.05) is 39.4 Å². The van der Waals surface area contributed by atoms with Crippen molar-refractivity contribution < 1.29 is 9.15 Å². The predicted molar refractivity (Wildman–Crippen MR) is 120 cm³/mol. The van der Waals surface area contributed by atoms with Gasteiger partial charge in [0.1, 0.15) is 5.76 Å². The second-order valence-electron chi connectivity index (χ2n) is 8.31. The van der Waals surface area contributed by atoms with E-state index in [9.17, 15) is 0 Å². The molecule has 2 N–H and O–H groups in total. The molecule has 0 radical (unpaired) electrons. The summed E-state index contributed by atoms with van der Waals surface area (Å²) in [4.78, 5) is 7.45. The smallest absolute Gasteiger partial charge is 0.191 e. The molecule has 6 nitrogen and oxygen atoms in total. The fraction of sp³-hybridized carbons (Fsp3) is 0.542. The van der Waals surface area contributed by atoms with Crippen LogP contribution in [0.4, 0.5) is 0 Å². The van der Waals surface area contributed by atoms with Gasteiger partial charge in [0.2, 0.25) is 0 Å². The first-order valence-corrected chi connectivity index (χ1v) is 11.3. The monoisotopic (exact) mass is 410 g/mol. The maximum atomic E-state index is 5.50. The maximum absolute atomic E-state index is 5.50. The number of hydrogen-bond donors (Lipinski definition) is 2. The first-order valence-electron chi connectivity index (χ1n) is 11.3. The quantitative estimate of drug-likeness (QED) is 0.491. The van der Waals surface area contributed by atoms with Crippen molar-refractivity contribution in [2.24, 2.45) is 10.9 Å². The van der Waals surface area contributed by atoms with Crippen LogP contribution in [0.1, 0.15) is 30.6 Å². The number of rotatable bonds is 9. The number of guanidine groups is 1. The summed E-state index contributed by atoms with van der Waals surface area (Å²) in [6.07, 6.45) is 6.18. The molecule has 4 rings (SSSR count). The summed E-state index contributed by atoms with van der Waals surface area (Å²) in [5.74, 6) is 2.44. The average molecular weight is 411 g/mol. The number of aliphatic imine (C=N–C) groups is 1. The van der Waals surface area contributed by atoms with Gasteiger partial charge in [-0.1, -0.05) is 30.3 Å². The molecular weight excluding hydrogens is 376 g/mol. The summed E-state index contributed by atoms with van der Waals surface area (Å²) in [6, 6.07) is 15.3. The van der Waals surface area contributed by atoms with Gasteiger partial charge in [-0.15, -0.1) is 0 Å². The van der Waals surface area contributed by atoms with Gasteiger partial charge in [-0.05, 0) is 43.5 Å². The molecule has 1 aromatic carbocycles. The number of hydrogen-bond acceptors (Lipinski definition) is 4. The summed E-state index contributed by atoms with van der Waals surface area (Å²) in [5, 5.41) is 7.10. The number of nitrogens with one attached hydrogen (secondary N) is 2. The van der Waals surface area contributed by atoms with Gasteiger partial charge >= 0.3 is 0 Å². The van der Waals surface area contributed by atoms with E-state index < -0.39 is 0 Å². The molecule has 2 unspecified atom stereocenters. The lowest BCUT2D eigenvalue weighted by atomic mass is 10.1. The number of benzene rings is 1. The van der Waals surface area contributed by atoms with Gasteiger partial charge in [0.25, 0.3) is 0 Å². The SMILES string of the molecule is c1ccc(CN2CCCC2CNC(=NCC2CCOC2)NCCc2ccco2)cc1. The van der Waals surface area contributed by atoms with Crippen molar-refractivity contribution in [3.05, 3.63) is 60.1 Å². The van der Waals surface area contributed by atoms with Crippen LogP contribution in [0.2, 0.25) is 0 Å². The van der Waals surface area contributed by atoms with Crippen LogP contribution < -0.4 is 10.6 Å². The molecule has 0 bridgehead atoms. The zero-order chi connectivity index (χ0) is 20.4. The lowest BCUT2D eigenvalue weighted by molar-refractivity contribution is 0.187. The minimum Gasteiger partial charge on any atom is -0.469 e. The number of furan rings is 1. The van der Waals surface area contributed by atoms with Gasteiger partial charge in [-0.3, -0.25) is 9.89 Å². The minimum atomic E-state index is 0.537. The Morgan fingerprint density at radius 1 is 1.10 bits per heavy atom. The van der Waals surface area contributed by atoms with Crippen LogP contribution in [0.3, 0.4) is 0 Å². The number of likely N-dealkylation sites (tertiary alicyclic amines) is 1. The summed E-state index contributed by atoms with van der Waals surface area (Å²) in [5.41, 5.74) is 1.39. The van der Waals surface area contributed by atoms with Crippen molar-refractivity contribution in [1.82, 2.24) is 15.5 Å². The minimum absolute atomic E-state index is 0.537. The van der Waals surface area contributed by atoms with Crippen LogP contribution in [0.15, 0.2) is 58.1 Å². The van der Waals surface area contributed by atoms with Crippen molar-refractivity contribution in [3.8, 4) is 0 Å². The molecular formula is C24H34N4O2. The molecule has 0 saturated carbocycles. The van der Waals surface area contributed by atoms with E-state index in [1.807, 2.05) is 12.1 Å². The first-order chi connectivity index (χ1) is 14.9. The number of ether oxygens (including phenoxy) is 1. The van der Waals surface area contributed by atoms with Crippen molar-refractivity contribution in [2.45, 2.75) is 38.3 Å². The van der Waals surface area contributed by atoms with Crippen LogP contribution in [-0.2, 0) is 17.7 Å². The molecule has 162 valence electrons. The van der Waals surface area contributed by atoms with Gasteiger partial charge in [0, 0.05) is 51.2 Å². The maximum Gasteiger partial charge on any atom is 0.191 e. The third-order valence-corrected chi connectivity index (χ3v) is 6.01. The molecule has 2 aromatic rings. The summed E-state index contributed by atoms with van der Waals surface area (Å²) in [7, 11) is 0. The fourth-order valence-electron chi connectivity index (χ4n) is 4.25. The Morgan fingerprint density at radius 3 is 2.83 bits per heavy atom. The van der Waals surface area contributed by atoms with Crippen molar-refractivity contribution in [1.29, 1.82) is 0 Å². The largest absolute Gasteiger partial charge is 0.469 e. The van der Waals surface area contributed by atoms with Gasteiger partial charge in [-0.25, -0.2) is 0 Å². The molecule has 2 aliphatic rings. The van der Waals surface area contributed by atoms with E-state index in [0.717, 1.165) is 64.0 Å². The third kappa shape index (κ3) is 6.34. The van der Waals surface area contributed by atoms with Gasteiger partial charge in [0.05, 0.1) is 12.9 Å². The molecule has 2 atom stereocenters. The Labute approximate surface area is 179 Å². The fourth-order valence-corrected chi connectivity index (χ4v) is 4.25. The molecule has 30 heavy (non-hydrogen) atoms. The average Bonchev–Trinajstić information content (AvgIpc) is 3.54. The van der Waals surface area contributed by atoms with Crippen LogP contribution >= 0.6 is 0 Å². The topological polar surface area (TPSA) is 62.0 Å². The van der Waals surface area contributed by atoms with Crippen molar-refractivity contribution >= 4 is 5.96 Å². The molecule has 2 saturated heterocycles. The standard InChI is InChI=1S/C24H34N4O2/c1-2-6-20(7-3-1)18-28-13-4-8-22(28)17-27-24(26-16-21-11-15-29-19-21)25-12-10-23-9-5-14-30-23/h1-3,5-7,9,14,21-22H,4,8,10-13,15-19H2,(H2,25,26,27). The van der Waals surface area contributed by atoms with E-state index in [0.29, 0.717) is 12.0 Å². The Hall–Kier alpha value is -2.31. The Balaban J connectivity index is 1.29. The summed E-state index contributed by atoms with van der Waals surface area (Å²) in [6.45, 7) is 6.42. The molecule has 6 heteroatoms. The Bertz CT molecular complexity index is 757. The van der Waals surface area contributed by atoms with Crippen LogP contribution in [-0.4, -0.2) is 56.3 Å². The highest BCUT2D eigenvalue weighted by Gasteiger charge is 2.24. The molecule has 1 aromatic heterocycles. The highest BCUT2D eigenvalue weighted by Crippen LogP contribution is 2.19. The Morgan fingerprint density at radius 2 is 2.03 bits per heavy atom. The molecule has 2 aliphatic heterocycles. The van der Waals surface area contributed by atoms with Crippen LogP contribution in [0, 0.1) is 5.92 Å². The molecule has 0 amide bonds. The van der Waals surface area contributed by atoms with E-state index in [2.05, 4.69) is 45.9 Å². The van der Waals surface area contributed by atoms with Crippen LogP contribution in [0.5, 0.6) is 0 Å². The van der Waals surface area contributed by atoms with E-state index in [4.69, 9.17) is 14.1 Å². The molecule has 3 heterocycles. The zero-order valence-electron chi connectivity index (χ0n) is 17.8. The Kier molecular flexibility index (Phi) is 7.81. The van der Waals surface area contributed by atoms with E-state index in [-0.39, 0.29) is 0 Å². The van der Waals surface area contributed by atoms with Crippen molar-refractivity contribution in [3.63, 3.8) is 0 Å². The van der Waals surface area contributed by atoms with Gasteiger partial charge < -0.3 is 19.8 Å². The molecule has 2 fully saturated rings.